The molecule has 0 radical (unpaired) electrons. The van der Waals surface area contributed by atoms with Crippen molar-refractivity contribution in [2.24, 2.45) is 0 Å². The third-order valence-corrected chi connectivity index (χ3v) is 8.76. The highest BCUT2D eigenvalue weighted by atomic mass is 35.5. The van der Waals surface area contributed by atoms with Crippen LogP contribution in [0.15, 0.2) is 52.4 Å². The first-order valence-electron chi connectivity index (χ1n) is 11.7. The Morgan fingerprint density at radius 2 is 1.75 bits per heavy atom. The molecular weight excluding hydrogens is 506 g/mol. The number of sulfonamides is 1. The van der Waals surface area contributed by atoms with Gasteiger partial charge in [0.1, 0.15) is 19.0 Å². The van der Waals surface area contributed by atoms with Crippen LogP contribution in [0, 0.1) is 0 Å². The van der Waals surface area contributed by atoms with Crippen LogP contribution in [0.3, 0.4) is 0 Å². The van der Waals surface area contributed by atoms with Crippen molar-refractivity contribution in [3.63, 3.8) is 0 Å². The number of likely N-dealkylation sites (N-methyl/N-ethyl adjacent to an activating group) is 1. The van der Waals surface area contributed by atoms with Crippen molar-refractivity contribution in [1.82, 2.24) is 14.5 Å². The first-order valence-corrected chi connectivity index (χ1v) is 13.5. The lowest BCUT2D eigenvalue weighted by Crippen LogP contribution is -2.40. The first kappa shape index (κ1) is 24.9. The number of hydrogen-bond donors (Lipinski definition) is 1. The zero-order chi connectivity index (χ0) is 25.4. The molecule has 36 heavy (non-hydrogen) atoms. The summed E-state index contributed by atoms with van der Waals surface area (Å²) in [6.45, 7) is 2.54. The van der Waals surface area contributed by atoms with Crippen molar-refractivity contribution in [1.29, 1.82) is 0 Å². The monoisotopic (exact) mass is 533 g/mol. The van der Waals surface area contributed by atoms with E-state index in [4.69, 9.17) is 25.8 Å². The Labute approximate surface area is 215 Å². The summed E-state index contributed by atoms with van der Waals surface area (Å²) >= 11 is 6.22. The average Bonchev–Trinajstić information content (AvgIpc) is 3.47. The van der Waals surface area contributed by atoms with E-state index in [-0.39, 0.29) is 23.9 Å². The zero-order valence-corrected chi connectivity index (χ0v) is 21.7. The average molecular weight is 534 g/mol. The number of nitrogens with one attached hydrogen (secondary N) is 1. The fraction of sp³-hybridized carbons (Fsp3) is 0.400. The molecule has 0 bridgehead atoms. The van der Waals surface area contributed by atoms with Gasteiger partial charge in [-0.3, -0.25) is 4.79 Å². The van der Waals surface area contributed by atoms with Crippen LogP contribution in [-0.4, -0.2) is 83.6 Å². The van der Waals surface area contributed by atoms with Crippen molar-refractivity contribution < 1.29 is 27.4 Å². The molecule has 1 atom stereocenters. The fourth-order valence-corrected chi connectivity index (χ4v) is 6.56. The summed E-state index contributed by atoms with van der Waals surface area (Å²) < 4.78 is 44.7. The van der Waals surface area contributed by atoms with Gasteiger partial charge in [-0.15, -0.1) is 0 Å². The molecule has 0 saturated carbocycles. The predicted molar refractivity (Wildman–Crippen MR) is 134 cm³/mol. The van der Waals surface area contributed by atoms with E-state index in [1.54, 1.807) is 49.4 Å². The summed E-state index contributed by atoms with van der Waals surface area (Å²) in [6.07, 6.45) is 0. The van der Waals surface area contributed by atoms with Gasteiger partial charge in [0.25, 0.3) is 0 Å². The second-order valence-corrected chi connectivity index (χ2v) is 11.4. The summed E-state index contributed by atoms with van der Waals surface area (Å²) in [5, 5.41) is 3.62. The maximum absolute atomic E-state index is 13.6. The normalized spacial score (nSPS) is 18.4. The number of amides is 1. The topological polar surface area (TPSA) is 97.4 Å². The number of methoxy groups -OCH3 is 1. The Morgan fingerprint density at radius 1 is 1.06 bits per heavy atom. The van der Waals surface area contributed by atoms with Crippen molar-refractivity contribution in [2.75, 3.05) is 60.1 Å². The van der Waals surface area contributed by atoms with E-state index in [0.29, 0.717) is 55.1 Å². The van der Waals surface area contributed by atoms with E-state index in [1.165, 1.54) is 10.4 Å². The molecule has 2 aromatic rings. The highest BCUT2D eigenvalue weighted by molar-refractivity contribution is 7.89. The smallest absolute Gasteiger partial charge is 0.243 e. The molecule has 1 amide bonds. The Bertz CT molecular complexity index is 1310. The third kappa shape index (κ3) is 4.54. The molecule has 0 aliphatic carbocycles. The lowest BCUT2D eigenvalue weighted by Gasteiger charge is -2.27. The van der Waals surface area contributed by atoms with Gasteiger partial charge < -0.3 is 24.4 Å². The van der Waals surface area contributed by atoms with Crippen LogP contribution in [0.25, 0.3) is 0 Å². The minimum atomic E-state index is -3.72. The molecular formula is C25H28ClN3O6S. The molecule has 9 nitrogen and oxygen atoms in total. The predicted octanol–water partition coefficient (Wildman–Crippen LogP) is 2.27. The Balaban J connectivity index is 1.29. The maximum atomic E-state index is 13.6. The van der Waals surface area contributed by atoms with Gasteiger partial charge in [0.15, 0.2) is 11.5 Å². The summed E-state index contributed by atoms with van der Waals surface area (Å²) in [5.74, 6) is 1.04. The minimum absolute atomic E-state index is 0.0550. The van der Waals surface area contributed by atoms with Crippen molar-refractivity contribution in [3.05, 3.63) is 58.1 Å². The highest BCUT2D eigenvalue weighted by Crippen LogP contribution is 2.37. The molecule has 0 fully saturated rings. The molecule has 192 valence electrons. The molecule has 0 unspecified atom stereocenters. The summed E-state index contributed by atoms with van der Waals surface area (Å²) in [6, 6.07) is 9.95. The zero-order valence-electron chi connectivity index (χ0n) is 20.1. The van der Waals surface area contributed by atoms with E-state index in [2.05, 4.69) is 5.32 Å². The number of carbonyl (C=O) groups excluding carboxylic acids is 1. The quantitative estimate of drug-likeness (QED) is 0.545. The lowest BCUT2D eigenvalue weighted by atomic mass is 9.96. The van der Waals surface area contributed by atoms with Gasteiger partial charge in [-0.25, -0.2) is 8.42 Å². The largest absolute Gasteiger partial charge is 0.496 e. The minimum Gasteiger partial charge on any atom is -0.496 e. The van der Waals surface area contributed by atoms with Gasteiger partial charge in [-0.05, 0) is 48.5 Å². The molecule has 11 heteroatoms. The SMILES string of the molecule is CNC[C@H](C(=O)N1CC2=C(C1)CN(S(=O)(=O)c1ccc3c(c1)OCCO3)C2)c1cc(Cl)ccc1OC. The number of carbonyl (C=O) groups is 1. The van der Waals surface area contributed by atoms with E-state index in [1.807, 2.05) is 0 Å². The second-order valence-electron chi connectivity index (χ2n) is 8.98. The number of rotatable bonds is 7. The Hall–Kier alpha value is -2.79. The standard InChI is InChI=1S/C25H28ClN3O6S/c1-27-11-21(20-9-18(26)3-5-22(20)33-2)25(30)28-12-16-14-29(15-17(16)13-28)36(31,32)19-4-6-23-24(10-19)35-8-7-34-23/h3-6,9-10,21,27H,7-8,11-15H2,1-2H3/t21-/m0/s1. The fourth-order valence-electron chi connectivity index (χ4n) is 4.94. The molecule has 2 aromatic carbocycles. The van der Waals surface area contributed by atoms with Crippen LogP contribution in [0.5, 0.6) is 17.2 Å². The lowest BCUT2D eigenvalue weighted by molar-refractivity contribution is -0.131. The van der Waals surface area contributed by atoms with Gasteiger partial charge >= 0.3 is 0 Å². The van der Waals surface area contributed by atoms with Crippen LogP contribution in [-0.2, 0) is 14.8 Å². The van der Waals surface area contributed by atoms with Gasteiger partial charge in [0.05, 0.1) is 17.9 Å². The van der Waals surface area contributed by atoms with Crippen LogP contribution in [0.2, 0.25) is 5.02 Å². The van der Waals surface area contributed by atoms with E-state index in [9.17, 15) is 13.2 Å². The number of benzene rings is 2. The van der Waals surface area contributed by atoms with Gasteiger partial charge in [-0.2, -0.15) is 4.31 Å². The third-order valence-electron chi connectivity index (χ3n) is 6.73. The summed E-state index contributed by atoms with van der Waals surface area (Å²) in [7, 11) is -0.365. The van der Waals surface area contributed by atoms with Gasteiger partial charge in [0, 0.05) is 49.4 Å². The number of ether oxygens (including phenoxy) is 3. The van der Waals surface area contributed by atoms with E-state index >= 15 is 0 Å². The molecule has 1 N–H and O–H groups in total. The highest BCUT2D eigenvalue weighted by Gasteiger charge is 2.39. The van der Waals surface area contributed by atoms with E-state index < -0.39 is 15.9 Å². The van der Waals surface area contributed by atoms with Crippen molar-refractivity contribution in [3.8, 4) is 17.2 Å². The summed E-state index contributed by atoms with van der Waals surface area (Å²) in [5.41, 5.74) is 2.65. The molecule has 5 rings (SSSR count). The molecule has 3 aliphatic heterocycles. The number of fused-ring (bicyclic) bond motifs is 1. The second kappa shape index (κ2) is 9.93. The summed E-state index contributed by atoms with van der Waals surface area (Å²) in [4.78, 5) is 15.5. The van der Waals surface area contributed by atoms with Crippen LogP contribution >= 0.6 is 11.6 Å². The number of hydrogen-bond acceptors (Lipinski definition) is 7. The van der Waals surface area contributed by atoms with Crippen molar-refractivity contribution >= 4 is 27.5 Å². The van der Waals surface area contributed by atoms with Gasteiger partial charge in [0.2, 0.25) is 15.9 Å². The van der Waals surface area contributed by atoms with Crippen LogP contribution in [0.1, 0.15) is 11.5 Å². The van der Waals surface area contributed by atoms with Crippen molar-refractivity contribution in [2.45, 2.75) is 10.8 Å². The van der Waals surface area contributed by atoms with Crippen LogP contribution in [0.4, 0.5) is 0 Å². The Morgan fingerprint density at radius 3 is 2.42 bits per heavy atom. The van der Waals surface area contributed by atoms with E-state index in [0.717, 1.165) is 16.7 Å². The maximum Gasteiger partial charge on any atom is 0.243 e. The molecule has 3 heterocycles. The Kier molecular flexibility index (Phi) is 6.86. The molecule has 0 saturated heterocycles. The molecule has 3 aliphatic rings. The first-order chi connectivity index (χ1) is 17.3. The van der Waals surface area contributed by atoms with Gasteiger partial charge in [-0.1, -0.05) is 11.6 Å². The van der Waals surface area contributed by atoms with Crippen LogP contribution < -0.4 is 19.5 Å². The molecule has 0 spiro atoms. The number of nitrogens with zero attached hydrogens (tertiary/aromatic N) is 2. The number of halogens is 1. The molecule has 0 aromatic heterocycles.